The van der Waals surface area contributed by atoms with Gasteiger partial charge in [-0.25, -0.2) is 13.4 Å². The van der Waals surface area contributed by atoms with Crippen LogP contribution in [0, 0.1) is 0 Å². The summed E-state index contributed by atoms with van der Waals surface area (Å²) in [4.78, 5) is 17.3. The van der Waals surface area contributed by atoms with E-state index < -0.39 is 15.9 Å². The van der Waals surface area contributed by atoms with Crippen LogP contribution in [0.4, 0.5) is 5.13 Å². The fourth-order valence-electron chi connectivity index (χ4n) is 3.35. The van der Waals surface area contributed by atoms with Crippen LogP contribution in [-0.2, 0) is 19.5 Å². The lowest BCUT2D eigenvalue weighted by Crippen LogP contribution is -2.36. The average Bonchev–Trinajstić information content (AvgIpc) is 3.53. The summed E-state index contributed by atoms with van der Waals surface area (Å²) in [7, 11) is -0.749. The molecule has 0 fully saturated rings. The number of amides is 1. The molecule has 35 heavy (non-hydrogen) atoms. The molecule has 12 heteroatoms. The summed E-state index contributed by atoms with van der Waals surface area (Å²) in [5.74, 6) is 0.943. The summed E-state index contributed by atoms with van der Waals surface area (Å²) in [6.45, 7) is 1.09. The molecule has 1 aromatic heterocycles. The highest BCUT2D eigenvalue weighted by molar-refractivity contribution is 7.89. The van der Waals surface area contributed by atoms with E-state index in [9.17, 15) is 13.2 Å². The summed E-state index contributed by atoms with van der Waals surface area (Å²) >= 11 is 1.29. The van der Waals surface area contributed by atoms with Crippen molar-refractivity contribution < 1.29 is 32.2 Å². The topological polar surface area (TPSA) is 116 Å². The third-order valence-electron chi connectivity index (χ3n) is 5.24. The lowest BCUT2D eigenvalue weighted by molar-refractivity contribution is 0.102. The number of sulfonamides is 1. The van der Waals surface area contributed by atoms with E-state index in [1.165, 1.54) is 54.1 Å². The van der Waals surface area contributed by atoms with Gasteiger partial charge in [-0.2, -0.15) is 4.31 Å². The predicted molar refractivity (Wildman–Crippen MR) is 131 cm³/mol. The molecule has 3 aromatic rings. The van der Waals surface area contributed by atoms with Crippen LogP contribution >= 0.6 is 11.3 Å². The van der Waals surface area contributed by atoms with Gasteiger partial charge in [0.15, 0.2) is 16.6 Å². The normalized spacial score (nSPS) is 12.8. The van der Waals surface area contributed by atoms with E-state index in [2.05, 4.69) is 10.3 Å². The molecule has 0 aliphatic carbocycles. The smallest absolute Gasteiger partial charge is 0.257 e. The van der Waals surface area contributed by atoms with Crippen LogP contribution in [0.25, 0.3) is 11.3 Å². The molecule has 4 rings (SSSR count). The van der Waals surface area contributed by atoms with Gasteiger partial charge >= 0.3 is 0 Å². The first-order chi connectivity index (χ1) is 16.9. The number of nitrogens with one attached hydrogen (secondary N) is 1. The molecule has 0 atom stereocenters. The highest BCUT2D eigenvalue weighted by atomic mass is 32.2. The van der Waals surface area contributed by atoms with Crippen LogP contribution in [0.15, 0.2) is 52.7 Å². The molecule has 186 valence electrons. The van der Waals surface area contributed by atoms with Gasteiger partial charge in [0, 0.05) is 43.8 Å². The number of thiazole rings is 1. The van der Waals surface area contributed by atoms with Gasteiger partial charge in [0.2, 0.25) is 16.8 Å². The van der Waals surface area contributed by atoms with Crippen molar-refractivity contribution in [3.63, 3.8) is 0 Å². The second-order valence-corrected chi connectivity index (χ2v) is 10.3. The van der Waals surface area contributed by atoms with Crippen LogP contribution < -0.4 is 14.8 Å². The second-order valence-electron chi connectivity index (χ2n) is 7.47. The number of hydrogen-bond donors (Lipinski definition) is 1. The summed E-state index contributed by atoms with van der Waals surface area (Å²) in [6.07, 6.45) is 0. The molecule has 2 aromatic carbocycles. The first-order valence-corrected chi connectivity index (χ1v) is 13.0. The van der Waals surface area contributed by atoms with Gasteiger partial charge in [-0.15, -0.1) is 11.3 Å². The maximum Gasteiger partial charge on any atom is 0.257 e. The number of fused-ring (bicyclic) bond motifs is 1. The number of hydrogen-bond acceptors (Lipinski definition) is 9. The number of benzene rings is 2. The van der Waals surface area contributed by atoms with E-state index in [4.69, 9.17) is 18.9 Å². The largest absolute Gasteiger partial charge is 0.454 e. The maximum atomic E-state index is 13.0. The Morgan fingerprint density at radius 1 is 1.06 bits per heavy atom. The molecule has 10 nitrogen and oxygen atoms in total. The third kappa shape index (κ3) is 5.80. The number of ether oxygens (including phenoxy) is 4. The van der Waals surface area contributed by atoms with Crippen molar-refractivity contribution in [2.75, 3.05) is 52.6 Å². The molecule has 2 heterocycles. The van der Waals surface area contributed by atoms with Crippen molar-refractivity contribution in [3.8, 4) is 22.8 Å². The van der Waals surface area contributed by atoms with Crippen LogP contribution in [0.3, 0.4) is 0 Å². The number of carbonyl (C=O) groups is 1. The van der Waals surface area contributed by atoms with Gasteiger partial charge < -0.3 is 18.9 Å². The lowest BCUT2D eigenvalue weighted by Gasteiger charge is -2.21. The minimum Gasteiger partial charge on any atom is -0.454 e. The fourth-order valence-corrected chi connectivity index (χ4v) is 5.48. The zero-order valence-electron chi connectivity index (χ0n) is 19.2. The molecule has 1 aliphatic rings. The maximum absolute atomic E-state index is 13.0. The van der Waals surface area contributed by atoms with Crippen molar-refractivity contribution in [2.24, 2.45) is 0 Å². The zero-order chi connectivity index (χ0) is 24.8. The number of methoxy groups -OCH3 is 2. The quantitative estimate of drug-likeness (QED) is 0.411. The zero-order valence-corrected chi connectivity index (χ0v) is 20.9. The Balaban J connectivity index is 1.43. The molecular formula is C23H25N3O7S2. The molecule has 1 N–H and O–H groups in total. The molecule has 0 spiro atoms. The summed E-state index contributed by atoms with van der Waals surface area (Å²) in [5.41, 5.74) is 1.84. The Morgan fingerprint density at radius 2 is 1.74 bits per heavy atom. The average molecular weight is 520 g/mol. The number of anilines is 1. The summed E-state index contributed by atoms with van der Waals surface area (Å²) in [5, 5.41) is 5.01. The van der Waals surface area contributed by atoms with Crippen molar-refractivity contribution in [1.82, 2.24) is 9.29 Å². The Kier molecular flexibility index (Phi) is 7.98. The molecule has 0 saturated heterocycles. The Bertz CT molecular complexity index is 1270. The van der Waals surface area contributed by atoms with Crippen molar-refractivity contribution >= 4 is 32.4 Å². The molecule has 0 unspecified atom stereocenters. The van der Waals surface area contributed by atoms with Crippen LogP contribution in [-0.4, -0.2) is 70.9 Å². The van der Waals surface area contributed by atoms with E-state index in [0.29, 0.717) is 27.9 Å². The highest BCUT2D eigenvalue weighted by Gasteiger charge is 2.24. The van der Waals surface area contributed by atoms with Crippen LogP contribution in [0.5, 0.6) is 11.5 Å². The number of carbonyl (C=O) groups excluding carboxylic acids is 1. The lowest BCUT2D eigenvalue weighted by atomic mass is 10.1. The number of aromatic nitrogens is 1. The molecule has 0 bridgehead atoms. The van der Waals surface area contributed by atoms with Gasteiger partial charge in [-0.1, -0.05) is 0 Å². The molecule has 1 aliphatic heterocycles. The Morgan fingerprint density at radius 3 is 2.43 bits per heavy atom. The first-order valence-electron chi connectivity index (χ1n) is 10.7. The number of nitrogens with zero attached hydrogens (tertiary/aromatic N) is 2. The van der Waals surface area contributed by atoms with E-state index >= 15 is 0 Å². The molecular weight excluding hydrogens is 494 g/mol. The van der Waals surface area contributed by atoms with Gasteiger partial charge in [-0.05, 0) is 42.5 Å². The minimum absolute atomic E-state index is 0.0839. The summed E-state index contributed by atoms with van der Waals surface area (Å²) in [6, 6.07) is 11.3. The predicted octanol–water partition coefficient (Wildman–Crippen LogP) is 3.07. The van der Waals surface area contributed by atoms with E-state index in [1.807, 2.05) is 23.6 Å². The standard InChI is InChI=1S/C23H25N3O7S2/c1-30-11-9-26(10-12-31-2)35(28,29)18-6-3-16(4-7-18)22(27)25-23-24-19(14-34-23)17-5-8-20-21(13-17)33-15-32-20/h3-8,13-14H,9-12,15H2,1-2H3,(H,24,25,27). The fraction of sp³-hybridized carbons (Fsp3) is 0.304. The Labute approximate surface area is 207 Å². The van der Waals surface area contributed by atoms with E-state index in [-0.39, 0.29) is 38.0 Å². The monoisotopic (exact) mass is 519 g/mol. The SMILES string of the molecule is COCCN(CCOC)S(=O)(=O)c1ccc(C(=O)Nc2nc(-c3ccc4c(c3)OCO4)cs2)cc1. The van der Waals surface area contributed by atoms with Gasteiger partial charge in [0.1, 0.15) is 0 Å². The van der Waals surface area contributed by atoms with Crippen LogP contribution in [0.2, 0.25) is 0 Å². The Hall–Kier alpha value is -3.03. The highest BCUT2D eigenvalue weighted by Crippen LogP contribution is 2.36. The van der Waals surface area contributed by atoms with E-state index in [1.54, 1.807) is 0 Å². The van der Waals surface area contributed by atoms with Gasteiger partial charge in [-0.3, -0.25) is 10.1 Å². The second kappa shape index (κ2) is 11.1. The van der Waals surface area contributed by atoms with Gasteiger partial charge in [0.05, 0.1) is 23.8 Å². The van der Waals surface area contributed by atoms with Crippen LogP contribution in [0.1, 0.15) is 10.4 Å². The van der Waals surface area contributed by atoms with Crippen molar-refractivity contribution in [1.29, 1.82) is 0 Å². The number of rotatable bonds is 11. The summed E-state index contributed by atoms with van der Waals surface area (Å²) < 4.78 is 48.1. The van der Waals surface area contributed by atoms with E-state index in [0.717, 1.165) is 5.56 Å². The van der Waals surface area contributed by atoms with Gasteiger partial charge in [0.25, 0.3) is 5.91 Å². The minimum atomic E-state index is -3.77. The first kappa shape index (κ1) is 25.1. The molecule has 0 saturated carbocycles. The molecule has 1 amide bonds. The van der Waals surface area contributed by atoms with Crippen molar-refractivity contribution in [2.45, 2.75) is 4.90 Å². The van der Waals surface area contributed by atoms with Crippen molar-refractivity contribution in [3.05, 3.63) is 53.4 Å². The third-order valence-corrected chi connectivity index (χ3v) is 7.91. The molecule has 0 radical (unpaired) electrons.